The number of aryl methyl sites for hydroxylation is 1. The second-order valence-corrected chi connectivity index (χ2v) is 15.2. The number of aromatic nitrogens is 3. The lowest BCUT2D eigenvalue weighted by Gasteiger charge is -2.23. The predicted octanol–water partition coefficient (Wildman–Crippen LogP) is 14.0. The second-order valence-electron chi connectivity index (χ2n) is 15.2. The van der Waals surface area contributed by atoms with Crippen LogP contribution < -0.4 is 0 Å². The Kier molecular flexibility index (Phi) is 7.97. The van der Waals surface area contributed by atoms with E-state index in [9.17, 15) is 0 Å². The van der Waals surface area contributed by atoms with Crippen LogP contribution in [-0.4, -0.2) is 15.4 Å². The van der Waals surface area contributed by atoms with Gasteiger partial charge in [-0.1, -0.05) is 152 Å². The van der Waals surface area contributed by atoms with Gasteiger partial charge in [-0.05, 0) is 122 Å². The van der Waals surface area contributed by atoms with E-state index in [1.54, 1.807) is 0 Å². The summed E-state index contributed by atoms with van der Waals surface area (Å²) in [5.74, 6) is 0. The molecule has 0 saturated carbocycles. The molecule has 0 spiro atoms. The number of para-hydroxylation sites is 1. The molecule has 0 unspecified atom stereocenters. The van der Waals surface area contributed by atoms with Gasteiger partial charge in [0.05, 0.1) is 6.20 Å². The summed E-state index contributed by atoms with van der Waals surface area (Å²) in [6, 6.07) is 60.4. The molecular weight excluding hydrogens is 707 g/mol. The SMILES string of the molecule is Cc1cc2c(c(-c3ccc4oc5ccccc5c4c3-c3cccc(-c4ccccc4)c3-c3nnncc3-c3ccccc3-c3ccccc3)c1C)Cc1ccccc1-2. The average molecular weight is 744 g/mol. The Morgan fingerprint density at radius 3 is 1.91 bits per heavy atom. The fourth-order valence-electron chi connectivity index (χ4n) is 9.30. The van der Waals surface area contributed by atoms with Crippen molar-refractivity contribution in [1.82, 2.24) is 15.4 Å². The molecule has 0 saturated heterocycles. The van der Waals surface area contributed by atoms with Gasteiger partial charge in [0.15, 0.2) is 0 Å². The zero-order valence-corrected chi connectivity index (χ0v) is 32.2. The maximum atomic E-state index is 6.68. The van der Waals surface area contributed by atoms with E-state index >= 15 is 0 Å². The van der Waals surface area contributed by atoms with Crippen molar-refractivity contribution < 1.29 is 4.42 Å². The molecule has 4 heteroatoms. The van der Waals surface area contributed by atoms with Crippen molar-refractivity contribution in [2.75, 3.05) is 0 Å². The molecule has 0 amide bonds. The zero-order chi connectivity index (χ0) is 38.7. The Morgan fingerprint density at radius 2 is 1.10 bits per heavy atom. The first-order valence-corrected chi connectivity index (χ1v) is 19.8. The third kappa shape index (κ3) is 5.33. The molecule has 0 aliphatic heterocycles. The molecule has 2 heterocycles. The van der Waals surface area contributed by atoms with Crippen LogP contribution in [0.15, 0.2) is 180 Å². The molecule has 10 aromatic rings. The van der Waals surface area contributed by atoms with Crippen molar-refractivity contribution in [3.8, 4) is 78.0 Å². The topological polar surface area (TPSA) is 51.8 Å². The van der Waals surface area contributed by atoms with Crippen LogP contribution in [0.3, 0.4) is 0 Å². The van der Waals surface area contributed by atoms with E-state index in [0.29, 0.717) is 0 Å². The van der Waals surface area contributed by atoms with Crippen molar-refractivity contribution in [1.29, 1.82) is 0 Å². The Balaban J connectivity index is 1.29. The molecule has 274 valence electrons. The highest BCUT2D eigenvalue weighted by Gasteiger charge is 2.30. The van der Waals surface area contributed by atoms with Crippen molar-refractivity contribution in [3.63, 3.8) is 0 Å². The van der Waals surface area contributed by atoms with E-state index in [-0.39, 0.29) is 0 Å². The number of benzene rings is 8. The van der Waals surface area contributed by atoms with E-state index in [1.165, 1.54) is 44.5 Å². The fraction of sp³-hybridized carbons (Fsp3) is 0.0556. The van der Waals surface area contributed by atoms with Gasteiger partial charge >= 0.3 is 0 Å². The third-order valence-corrected chi connectivity index (χ3v) is 12.0. The van der Waals surface area contributed by atoms with E-state index < -0.39 is 0 Å². The van der Waals surface area contributed by atoms with Crippen LogP contribution in [0.4, 0.5) is 0 Å². The van der Waals surface area contributed by atoms with Crippen LogP contribution in [0.25, 0.3) is 100.0 Å². The van der Waals surface area contributed by atoms with Gasteiger partial charge in [0, 0.05) is 27.5 Å². The lowest BCUT2D eigenvalue weighted by atomic mass is 9.80. The minimum atomic E-state index is 0.766. The third-order valence-electron chi connectivity index (χ3n) is 12.0. The van der Waals surface area contributed by atoms with Crippen molar-refractivity contribution in [2.24, 2.45) is 0 Å². The highest BCUT2D eigenvalue weighted by Crippen LogP contribution is 2.53. The van der Waals surface area contributed by atoms with Crippen LogP contribution in [0.1, 0.15) is 22.3 Å². The largest absolute Gasteiger partial charge is 0.456 e. The van der Waals surface area contributed by atoms with E-state index in [2.05, 4.69) is 188 Å². The predicted molar refractivity (Wildman–Crippen MR) is 237 cm³/mol. The molecule has 1 aliphatic rings. The molecule has 0 radical (unpaired) electrons. The molecule has 11 rings (SSSR count). The monoisotopic (exact) mass is 743 g/mol. The second kappa shape index (κ2) is 13.6. The number of rotatable bonds is 6. The van der Waals surface area contributed by atoms with Gasteiger partial charge < -0.3 is 4.42 Å². The first-order valence-electron chi connectivity index (χ1n) is 19.8. The summed E-state index contributed by atoms with van der Waals surface area (Å²) in [6.45, 7) is 4.53. The van der Waals surface area contributed by atoms with Crippen molar-refractivity contribution >= 4 is 21.9 Å². The molecule has 8 aromatic carbocycles. The van der Waals surface area contributed by atoms with Crippen molar-refractivity contribution in [2.45, 2.75) is 20.3 Å². The van der Waals surface area contributed by atoms with Gasteiger partial charge in [0.25, 0.3) is 0 Å². The zero-order valence-electron chi connectivity index (χ0n) is 32.2. The summed E-state index contributed by atoms with van der Waals surface area (Å²) in [5, 5.41) is 16.0. The minimum Gasteiger partial charge on any atom is -0.456 e. The molecule has 1 aliphatic carbocycles. The Bertz CT molecular complexity index is 3220. The Hall–Kier alpha value is -7.43. The number of hydrogen-bond donors (Lipinski definition) is 0. The first kappa shape index (κ1) is 33.9. The summed E-state index contributed by atoms with van der Waals surface area (Å²) in [6.07, 6.45) is 2.75. The molecule has 2 aromatic heterocycles. The maximum absolute atomic E-state index is 6.68. The number of furan rings is 1. The van der Waals surface area contributed by atoms with Gasteiger partial charge in [-0.2, -0.15) is 0 Å². The molecule has 58 heavy (non-hydrogen) atoms. The van der Waals surface area contributed by atoms with Gasteiger partial charge in [0.1, 0.15) is 16.9 Å². The van der Waals surface area contributed by atoms with Crippen molar-refractivity contribution in [3.05, 3.63) is 198 Å². The minimum absolute atomic E-state index is 0.766. The average Bonchev–Trinajstić information content (AvgIpc) is 3.85. The maximum Gasteiger partial charge on any atom is 0.136 e. The van der Waals surface area contributed by atoms with E-state index in [4.69, 9.17) is 9.52 Å². The van der Waals surface area contributed by atoms with Crippen LogP contribution in [0.2, 0.25) is 0 Å². The van der Waals surface area contributed by atoms with Gasteiger partial charge in [-0.25, -0.2) is 0 Å². The molecular formula is C54H37N3O. The van der Waals surface area contributed by atoms with Crippen LogP contribution >= 0.6 is 0 Å². The summed E-state index contributed by atoms with van der Waals surface area (Å²) in [4.78, 5) is 0. The quantitative estimate of drug-likeness (QED) is 0.170. The molecule has 0 N–H and O–H groups in total. The Morgan fingerprint density at radius 1 is 0.466 bits per heavy atom. The molecule has 0 fully saturated rings. The fourth-order valence-corrected chi connectivity index (χ4v) is 9.30. The van der Waals surface area contributed by atoms with Crippen LogP contribution in [0.5, 0.6) is 0 Å². The molecule has 4 nitrogen and oxygen atoms in total. The van der Waals surface area contributed by atoms with E-state index in [1.807, 2.05) is 12.3 Å². The van der Waals surface area contributed by atoms with Gasteiger partial charge in [-0.15, -0.1) is 10.2 Å². The number of fused-ring (bicyclic) bond motifs is 6. The first-order chi connectivity index (χ1) is 28.6. The van der Waals surface area contributed by atoms with Crippen LogP contribution in [0, 0.1) is 13.8 Å². The standard InChI is InChI=1S/C54H37N3O/c1-33-30-45-39-22-10-9-20-37(39)31-46(45)50(34(33)2)44-28-29-49-53(42-24-13-14-27-48(42)58-49)51(44)43-26-15-25-40(36-18-7-4-8-19-36)52(43)54-47(32-55-57-56-54)41-23-12-11-21-38(41)35-16-5-3-6-17-35/h3-30,32H,31H2,1-2H3. The number of nitrogens with zero attached hydrogens (tertiary/aromatic N) is 3. The summed E-state index contributed by atoms with van der Waals surface area (Å²) in [5.41, 5.74) is 22.3. The Labute approximate surface area is 337 Å². The lowest BCUT2D eigenvalue weighted by Crippen LogP contribution is -2.02. The number of hydrogen-bond acceptors (Lipinski definition) is 4. The van der Waals surface area contributed by atoms with Gasteiger partial charge in [-0.3, -0.25) is 0 Å². The summed E-state index contributed by atoms with van der Waals surface area (Å²) in [7, 11) is 0. The van der Waals surface area contributed by atoms with E-state index in [0.717, 1.165) is 84.1 Å². The lowest BCUT2D eigenvalue weighted by molar-refractivity contribution is 0.669. The summed E-state index contributed by atoms with van der Waals surface area (Å²) >= 11 is 0. The van der Waals surface area contributed by atoms with Crippen LogP contribution in [-0.2, 0) is 6.42 Å². The molecule has 0 bridgehead atoms. The highest BCUT2D eigenvalue weighted by atomic mass is 16.3. The summed E-state index contributed by atoms with van der Waals surface area (Å²) < 4.78 is 6.68. The normalized spacial score (nSPS) is 11.9. The molecule has 0 atom stereocenters. The highest BCUT2D eigenvalue weighted by molar-refractivity contribution is 6.19. The smallest absolute Gasteiger partial charge is 0.136 e. The van der Waals surface area contributed by atoms with Gasteiger partial charge in [0.2, 0.25) is 0 Å².